The first-order valence-corrected chi connectivity index (χ1v) is 13.0. The van der Waals surface area contributed by atoms with E-state index >= 15 is 0 Å². The maximum absolute atomic E-state index is 13.0. The SMILES string of the molecule is COC(=O)[C@@]1(OC)C[C@@H](OCc2ccccc2)[C@@H](OCc2ccccc2)[C@@H]([C@@H](CO)OCc2ccccc2)O1. The molecular formula is C31H36O8. The van der Waals surface area contributed by atoms with Crippen LogP contribution in [0.2, 0.25) is 0 Å². The number of aliphatic hydroxyl groups is 1. The molecule has 4 rings (SSSR count). The molecule has 1 heterocycles. The van der Waals surface area contributed by atoms with Crippen LogP contribution in [0.4, 0.5) is 0 Å². The van der Waals surface area contributed by atoms with Crippen LogP contribution in [-0.2, 0) is 53.0 Å². The minimum absolute atomic E-state index is 0.0236. The highest BCUT2D eigenvalue weighted by atomic mass is 16.7. The molecule has 1 N–H and O–H groups in total. The third-order valence-corrected chi connectivity index (χ3v) is 6.76. The lowest BCUT2D eigenvalue weighted by atomic mass is 9.91. The van der Waals surface area contributed by atoms with Crippen molar-refractivity contribution in [2.75, 3.05) is 20.8 Å². The van der Waals surface area contributed by atoms with Gasteiger partial charge in [-0.05, 0) is 16.7 Å². The zero-order valence-corrected chi connectivity index (χ0v) is 22.3. The number of carbonyl (C=O) groups excluding carboxylic acids is 1. The van der Waals surface area contributed by atoms with E-state index in [2.05, 4.69) is 0 Å². The van der Waals surface area contributed by atoms with Crippen LogP contribution in [0.15, 0.2) is 91.0 Å². The fraction of sp³-hybridized carbons (Fsp3) is 0.387. The molecule has 8 heteroatoms. The molecular weight excluding hydrogens is 500 g/mol. The lowest BCUT2D eigenvalue weighted by molar-refractivity contribution is -0.332. The van der Waals surface area contributed by atoms with Crippen molar-refractivity contribution in [2.24, 2.45) is 0 Å². The van der Waals surface area contributed by atoms with Gasteiger partial charge in [0.25, 0.3) is 5.79 Å². The third kappa shape index (κ3) is 7.51. The van der Waals surface area contributed by atoms with E-state index < -0.39 is 36.2 Å². The molecule has 0 aliphatic carbocycles. The van der Waals surface area contributed by atoms with Gasteiger partial charge in [-0.25, -0.2) is 4.79 Å². The zero-order valence-electron chi connectivity index (χ0n) is 22.3. The van der Waals surface area contributed by atoms with E-state index in [1.54, 1.807) is 0 Å². The lowest BCUT2D eigenvalue weighted by Crippen LogP contribution is -2.64. The van der Waals surface area contributed by atoms with Gasteiger partial charge in [0.2, 0.25) is 0 Å². The molecule has 3 aromatic rings. The molecule has 1 aliphatic rings. The quantitative estimate of drug-likeness (QED) is 0.327. The summed E-state index contributed by atoms with van der Waals surface area (Å²) in [6, 6.07) is 29.0. The molecule has 1 aliphatic heterocycles. The van der Waals surface area contributed by atoms with Gasteiger partial charge < -0.3 is 33.5 Å². The Kier molecular flexibility index (Phi) is 10.6. The van der Waals surface area contributed by atoms with Gasteiger partial charge in [-0.2, -0.15) is 0 Å². The summed E-state index contributed by atoms with van der Waals surface area (Å²) in [5.41, 5.74) is 2.85. The second kappa shape index (κ2) is 14.3. The maximum atomic E-state index is 13.0. The monoisotopic (exact) mass is 536 g/mol. The van der Waals surface area contributed by atoms with Crippen molar-refractivity contribution < 1.29 is 38.3 Å². The van der Waals surface area contributed by atoms with Crippen LogP contribution in [0.5, 0.6) is 0 Å². The molecule has 5 atom stereocenters. The molecule has 8 nitrogen and oxygen atoms in total. The van der Waals surface area contributed by atoms with Crippen LogP contribution in [0.25, 0.3) is 0 Å². The summed E-state index contributed by atoms with van der Waals surface area (Å²) in [4.78, 5) is 13.0. The van der Waals surface area contributed by atoms with Crippen LogP contribution in [-0.4, -0.2) is 62.1 Å². The molecule has 0 saturated carbocycles. The number of ether oxygens (including phenoxy) is 6. The van der Waals surface area contributed by atoms with Crippen molar-refractivity contribution >= 4 is 5.97 Å². The summed E-state index contributed by atoms with van der Waals surface area (Å²) >= 11 is 0. The molecule has 0 aromatic heterocycles. The van der Waals surface area contributed by atoms with Gasteiger partial charge in [0, 0.05) is 13.5 Å². The smallest absolute Gasteiger partial charge is 0.366 e. The molecule has 0 unspecified atom stereocenters. The molecule has 0 amide bonds. The van der Waals surface area contributed by atoms with E-state index in [0.717, 1.165) is 16.7 Å². The topological polar surface area (TPSA) is 92.7 Å². The second-order valence-corrected chi connectivity index (χ2v) is 9.35. The number of hydrogen-bond acceptors (Lipinski definition) is 8. The van der Waals surface area contributed by atoms with Crippen molar-refractivity contribution in [1.82, 2.24) is 0 Å². The Morgan fingerprint density at radius 1 is 0.846 bits per heavy atom. The van der Waals surface area contributed by atoms with Crippen LogP contribution in [0.1, 0.15) is 23.1 Å². The largest absolute Gasteiger partial charge is 0.465 e. The fourth-order valence-electron chi connectivity index (χ4n) is 4.65. The van der Waals surface area contributed by atoms with Crippen molar-refractivity contribution in [3.05, 3.63) is 108 Å². The average Bonchev–Trinajstić information content (AvgIpc) is 3.00. The number of methoxy groups -OCH3 is 2. The Morgan fingerprint density at radius 3 is 1.85 bits per heavy atom. The Balaban J connectivity index is 1.64. The summed E-state index contributed by atoms with van der Waals surface area (Å²) < 4.78 is 36.0. The van der Waals surface area contributed by atoms with E-state index in [1.165, 1.54) is 14.2 Å². The Morgan fingerprint density at radius 2 is 1.36 bits per heavy atom. The van der Waals surface area contributed by atoms with Crippen molar-refractivity contribution in [2.45, 2.75) is 56.4 Å². The average molecular weight is 537 g/mol. The van der Waals surface area contributed by atoms with Crippen LogP contribution >= 0.6 is 0 Å². The maximum Gasteiger partial charge on any atom is 0.366 e. The number of hydrogen-bond donors (Lipinski definition) is 1. The van der Waals surface area contributed by atoms with Gasteiger partial charge >= 0.3 is 5.97 Å². The highest BCUT2D eigenvalue weighted by molar-refractivity contribution is 5.78. The first-order valence-electron chi connectivity index (χ1n) is 13.0. The normalized spacial score (nSPS) is 23.7. The minimum Gasteiger partial charge on any atom is -0.465 e. The summed E-state index contributed by atoms with van der Waals surface area (Å²) in [7, 11) is 2.65. The van der Waals surface area contributed by atoms with Crippen molar-refractivity contribution in [3.8, 4) is 0 Å². The van der Waals surface area contributed by atoms with Gasteiger partial charge in [-0.1, -0.05) is 91.0 Å². The Bertz CT molecular complexity index is 1130. The predicted octanol–water partition coefficient (Wildman–Crippen LogP) is 4.04. The van der Waals surface area contributed by atoms with E-state index in [4.69, 9.17) is 28.4 Å². The van der Waals surface area contributed by atoms with E-state index in [0.29, 0.717) is 0 Å². The van der Waals surface area contributed by atoms with E-state index in [9.17, 15) is 9.90 Å². The highest BCUT2D eigenvalue weighted by Gasteiger charge is 2.56. The molecule has 208 valence electrons. The summed E-state index contributed by atoms with van der Waals surface area (Å²) in [5, 5.41) is 10.4. The van der Waals surface area contributed by atoms with Crippen molar-refractivity contribution in [1.29, 1.82) is 0 Å². The number of aliphatic hydroxyl groups excluding tert-OH is 1. The molecule has 1 fully saturated rings. The molecule has 39 heavy (non-hydrogen) atoms. The standard InChI is InChI=1S/C31H36O8/c1-34-30(33)31(35-2)18-26(36-20-23-12-6-3-7-13-23)28(38-22-25-16-10-5-11-17-25)29(39-31)27(19-32)37-21-24-14-8-4-9-15-24/h3-17,26-29,32H,18-22H2,1-2H3/t26-,27-,28-,29-,31-/m1/s1. The molecule has 0 spiro atoms. The van der Waals surface area contributed by atoms with E-state index in [1.807, 2.05) is 91.0 Å². The number of benzene rings is 3. The summed E-state index contributed by atoms with van der Waals surface area (Å²) in [6.45, 7) is 0.394. The van der Waals surface area contributed by atoms with Gasteiger partial charge in [0.1, 0.15) is 18.3 Å². The lowest BCUT2D eigenvalue weighted by Gasteiger charge is -2.47. The second-order valence-electron chi connectivity index (χ2n) is 9.35. The van der Waals surface area contributed by atoms with Gasteiger partial charge in [0.15, 0.2) is 0 Å². The minimum atomic E-state index is -1.77. The molecule has 0 bridgehead atoms. The number of carbonyl (C=O) groups is 1. The van der Waals surface area contributed by atoms with Gasteiger partial charge in [-0.3, -0.25) is 0 Å². The summed E-state index contributed by atoms with van der Waals surface area (Å²) in [5.74, 6) is -2.47. The van der Waals surface area contributed by atoms with Crippen LogP contribution in [0.3, 0.4) is 0 Å². The molecule has 1 saturated heterocycles. The van der Waals surface area contributed by atoms with Crippen LogP contribution in [0, 0.1) is 0 Å². The molecule has 0 radical (unpaired) electrons. The third-order valence-electron chi connectivity index (χ3n) is 6.76. The van der Waals surface area contributed by atoms with Crippen molar-refractivity contribution in [3.63, 3.8) is 0 Å². The first-order chi connectivity index (χ1) is 19.1. The van der Waals surface area contributed by atoms with E-state index in [-0.39, 0.29) is 32.8 Å². The first kappa shape index (κ1) is 28.9. The van der Waals surface area contributed by atoms with Gasteiger partial charge in [-0.15, -0.1) is 0 Å². The zero-order chi connectivity index (χ0) is 27.5. The predicted molar refractivity (Wildman–Crippen MR) is 143 cm³/mol. The number of esters is 1. The Labute approximate surface area is 229 Å². The fourth-order valence-corrected chi connectivity index (χ4v) is 4.65. The number of rotatable bonds is 13. The summed E-state index contributed by atoms with van der Waals surface area (Å²) in [6.07, 6.45) is -3.10. The van der Waals surface area contributed by atoms with Gasteiger partial charge in [0.05, 0.1) is 39.6 Å². The Hall–Kier alpha value is -3.11. The van der Waals surface area contributed by atoms with Crippen LogP contribution < -0.4 is 0 Å². The highest BCUT2D eigenvalue weighted by Crippen LogP contribution is 2.37. The molecule has 3 aromatic carbocycles.